The van der Waals surface area contributed by atoms with Crippen molar-refractivity contribution in [1.82, 2.24) is 4.90 Å². The highest BCUT2D eigenvalue weighted by Gasteiger charge is 2.32. The van der Waals surface area contributed by atoms with Gasteiger partial charge in [0.2, 0.25) is 0 Å². The van der Waals surface area contributed by atoms with E-state index >= 15 is 0 Å². The second kappa shape index (κ2) is 3.55. The summed E-state index contributed by atoms with van der Waals surface area (Å²) < 4.78 is 5.15. The summed E-state index contributed by atoms with van der Waals surface area (Å²) in [5, 5.41) is 0. The zero-order valence-electron chi connectivity index (χ0n) is 8.00. The maximum absolute atomic E-state index is 5.15. The summed E-state index contributed by atoms with van der Waals surface area (Å²) >= 11 is 0. The van der Waals surface area contributed by atoms with Crippen molar-refractivity contribution in [2.45, 2.75) is 32.4 Å². The van der Waals surface area contributed by atoms with Crippen molar-refractivity contribution >= 4 is 0 Å². The van der Waals surface area contributed by atoms with Gasteiger partial charge in [0.25, 0.3) is 0 Å². The average Bonchev–Trinajstić information content (AvgIpc) is 2.19. The van der Waals surface area contributed by atoms with Gasteiger partial charge in [-0.3, -0.25) is 4.90 Å². The minimum atomic E-state index is 0.644. The molecule has 0 saturated carbocycles. The Kier molecular flexibility index (Phi) is 2.90. The summed E-state index contributed by atoms with van der Waals surface area (Å²) in [6.45, 7) is 5.49. The first kappa shape index (κ1) is 9.01. The Morgan fingerprint density at radius 3 is 2.45 bits per heavy atom. The van der Waals surface area contributed by atoms with Gasteiger partial charge in [-0.15, -0.1) is 0 Å². The molecule has 11 heavy (non-hydrogen) atoms. The molecular weight excluding hydrogens is 138 g/mol. The second-order valence-corrected chi connectivity index (χ2v) is 3.73. The zero-order valence-corrected chi connectivity index (χ0v) is 8.00. The van der Waals surface area contributed by atoms with Crippen LogP contribution >= 0.6 is 0 Å². The first-order chi connectivity index (χ1) is 5.16. The van der Waals surface area contributed by atoms with Crippen LogP contribution in [0, 0.1) is 5.92 Å². The Labute approximate surface area is 69.5 Å². The Bertz CT molecular complexity index is 127. The van der Waals surface area contributed by atoms with Crippen LogP contribution in [-0.2, 0) is 4.74 Å². The molecule has 0 aliphatic carbocycles. The largest absolute Gasteiger partial charge is 0.383 e. The minimum Gasteiger partial charge on any atom is -0.383 e. The van der Waals surface area contributed by atoms with Gasteiger partial charge in [-0.05, 0) is 26.3 Å². The maximum atomic E-state index is 5.15. The molecule has 0 aromatic heterocycles. The van der Waals surface area contributed by atoms with Gasteiger partial charge in [0, 0.05) is 19.2 Å². The summed E-state index contributed by atoms with van der Waals surface area (Å²) in [5.41, 5.74) is 0. The Morgan fingerprint density at radius 2 is 2.09 bits per heavy atom. The molecule has 0 spiro atoms. The Hall–Kier alpha value is -0.0800. The van der Waals surface area contributed by atoms with Crippen molar-refractivity contribution in [2.75, 3.05) is 20.8 Å². The standard InChI is InChI=1S/C9H19NO/c1-7-5-9(6-11-4)10(3)8(7)2/h7-9H,5-6H2,1-4H3. The lowest BCUT2D eigenvalue weighted by Gasteiger charge is -2.22. The highest BCUT2D eigenvalue weighted by atomic mass is 16.5. The van der Waals surface area contributed by atoms with E-state index in [4.69, 9.17) is 4.74 Å². The van der Waals surface area contributed by atoms with E-state index in [2.05, 4.69) is 25.8 Å². The molecule has 1 fully saturated rings. The third kappa shape index (κ3) is 1.74. The van der Waals surface area contributed by atoms with Gasteiger partial charge in [-0.1, -0.05) is 6.92 Å². The molecule has 2 nitrogen and oxygen atoms in total. The molecule has 0 bridgehead atoms. The van der Waals surface area contributed by atoms with E-state index in [0.717, 1.165) is 18.6 Å². The van der Waals surface area contributed by atoms with Crippen LogP contribution in [0.15, 0.2) is 0 Å². The third-order valence-corrected chi connectivity index (χ3v) is 3.04. The van der Waals surface area contributed by atoms with Gasteiger partial charge < -0.3 is 4.74 Å². The number of likely N-dealkylation sites (N-methyl/N-ethyl adjacent to an activating group) is 1. The fraction of sp³-hybridized carbons (Fsp3) is 1.00. The number of hydrogen-bond acceptors (Lipinski definition) is 2. The van der Waals surface area contributed by atoms with Crippen LogP contribution in [0.2, 0.25) is 0 Å². The molecule has 3 atom stereocenters. The summed E-state index contributed by atoms with van der Waals surface area (Å²) in [4.78, 5) is 2.42. The number of likely N-dealkylation sites (tertiary alicyclic amines) is 1. The van der Waals surface area contributed by atoms with E-state index in [0.29, 0.717) is 6.04 Å². The molecule has 0 radical (unpaired) electrons. The van der Waals surface area contributed by atoms with Crippen molar-refractivity contribution in [3.63, 3.8) is 0 Å². The molecule has 1 rings (SSSR count). The lowest BCUT2D eigenvalue weighted by Crippen LogP contribution is -2.33. The quantitative estimate of drug-likeness (QED) is 0.600. The van der Waals surface area contributed by atoms with Gasteiger partial charge in [-0.25, -0.2) is 0 Å². The van der Waals surface area contributed by atoms with Crippen molar-refractivity contribution in [2.24, 2.45) is 5.92 Å². The van der Waals surface area contributed by atoms with Crippen LogP contribution in [0.25, 0.3) is 0 Å². The lowest BCUT2D eigenvalue weighted by atomic mass is 10.0. The number of methoxy groups -OCH3 is 1. The Morgan fingerprint density at radius 1 is 1.45 bits per heavy atom. The van der Waals surface area contributed by atoms with Crippen LogP contribution in [0.4, 0.5) is 0 Å². The molecule has 0 aromatic rings. The third-order valence-electron chi connectivity index (χ3n) is 3.04. The smallest absolute Gasteiger partial charge is 0.0618 e. The normalized spacial score (nSPS) is 39.8. The molecule has 1 aliphatic heterocycles. The number of nitrogens with zero attached hydrogens (tertiary/aromatic N) is 1. The van der Waals surface area contributed by atoms with E-state index in [1.807, 2.05) is 0 Å². The van der Waals surface area contributed by atoms with E-state index in [-0.39, 0.29) is 0 Å². The van der Waals surface area contributed by atoms with Gasteiger partial charge in [-0.2, -0.15) is 0 Å². The molecular formula is C9H19NO. The van der Waals surface area contributed by atoms with Crippen LogP contribution in [0.1, 0.15) is 20.3 Å². The van der Waals surface area contributed by atoms with Crippen LogP contribution in [0.5, 0.6) is 0 Å². The molecule has 0 amide bonds. The molecule has 1 aliphatic rings. The molecule has 0 N–H and O–H groups in total. The van der Waals surface area contributed by atoms with Crippen molar-refractivity contribution in [1.29, 1.82) is 0 Å². The summed E-state index contributed by atoms with van der Waals surface area (Å²) in [5.74, 6) is 0.820. The van der Waals surface area contributed by atoms with Gasteiger partial charge in [0.15, 0.2) is 0 Å². The summed E-state index contributed by atoms with van der Waals surface area (Å²) in [6.07, 6.45) is 1.28. The van der Waals surface area contributed by atoms with Gasteiger partial charge >= 0.3 is 0 Å². The van der Waals surface area contributed by atoms with Gasteiger partial charge in [0.05, 0.1) is 6.61 Å². The van der Waals surface area contributed by atoms with Crippen LogP contribution < -0.4 is 0 Å². The molecule has 1 saturated heterocycles. The van der Waals surface area contributed by atoms with E-state index in [9.17, 15) is 0 Å². The minimum absolute atomic E-state index is 0.644. The molecule has 66 valence electrons. The SMILES string of the molecule is COCC1CC(C)C(C)N1C. The van der Waals surface area contributed by atoms with Crippen LogP contribution in [-0.4, -0.2) is 37.7 Å². The highest BCUT2D eigenvalue weighted by molar-refractivity contribution is 4.87. The molecule has 2 heteroatoms. The number of hydrogen-bond donors (Lipinski definition) is 0. The summed E-state index contributed by atoms with van der Waals surface area (Å²) in [6, 6.07) is 1.36. The van der Waals surface area contributed by atoms with E-state index < -0.39 is 0 Å². The summed E-state index contributed by atoms with van der Waals surface area (Å²) in [7, 11) is 3.97. The molecule has 1 heterocycles. The second-order valence-electron chi connectivity index (χ2n) is 3.73. The molecule has 0 aromatic carbocycles. The number of ether oxygens (including phenoxy) is 1. The fourth-order valence-corrected chi connectivity index (χ4v) is 1.90. The van der Waals surface area contributed by atoms with Crippen molar-refractivity contribution in [3.8, 4) is 0 Å². The highest BCUT2D eigenvalue weighted by Crippen LogP contribution is 2.27. The predicted molar refractivity (Wildman–Crippen MR) is 46.7 cm³/mol. The van der Waals surface area contributed by atoms with E-state index in [1.54, 1.807) is 7.11 Å². The number of rotatable bonds is 2. The predicted octanol–water partition coefficient (Wildman–Crippen LogP) is 1.36. The topological polar surface area (TPSA) is 12.5 Å². The first-order valence-electron chi connectivity index (χ1n) is 4.37. The van der Waals surface area contributed by atoms with Crippen molar-refractivity contribution < 1.29 is 4.74 Å². The average molecular weight is 157 g/mol. The van der Waals surface area contributed by atoms with E-state index in [1.165, 1.54) is 6.42 Å². The maximum Gasteiger partial charge on any atom is 0.0618 e. The fourth-order valence-electron chi connectivity index (χ4n) is 1.90. The lowest BCUT2D eigenvalue weighted by molar-refractivity contribution is 0.116. The van der Waals surface area contributed by atoms with Crippen LogP contribution in [0.3, 0.4) is 0 Å². The Balaban J connectivity index is 2.45. The molecule has 3 unspecified atom stereocenters. The monoisotopic (exact) mass is 157 g/mol. The first-order valence-corrected chi connectivity index (χ1v) is 4.37. The van der Waals surface area contributed by atoms with Crippen molar-refractivity contribution in [3.05, 3.63) is 0 Å². The zero-order chi connectivity index (χ0) is 8.43. The van der Waals surface area contributed by atoms with Gasteiger partial charge in [0.1, 0.15) is 0 Å².